The van der Waals surface area contributed by atoms with Gasteiger partial charge in [-0.1, -0.05) is 29.3 Å². The van der Waals surface area contributed by atoms with Crippen molar-refractivity contribution in [1.29, 1.82) is 0 Å². The van der Waals surface area contributed by atoms with Crippen LogP contribution in [0, 0.1) is 0 Å². The smallest absolute Gasteiger partial charge is 0.357 e. The van der Waals surface area contributed by atoms with Crippen molar-refractivity contribution in [3.63, 3.8) is 0 Å². The maximum atomic E-state index is 12.0. The highest BCUT2D eigenvalue weighted by atomic mass is 35.5. The molecule has 1 aromatic carbocycles. The Morgan fingerprint density at radius 1 is 1.15 bits per heavy atom. The van der Waals surface area contributed by atoms with E-state index in [1.54, 1.807) is 24.3 Å². The number of likely N-dealkylation sites (N-methyl/N-ethyl adjacent to an activating group) is 1. The van der Waals surface area contributed by atoms with Crippen LogP contribution in [-0.2, 0) is 14.3 Å². The Kier molecular flexibility index (Phi) is 6.94. The minimum Gasteiger partial charge on any atom is -0.451 e. The first-order valence-corrected chi connectivity index (χ1v) is 8.19. The van der Waals surface area contributed by atoms with Crippen LogP contribution in [0.15, 0.2) is 42.6 Å². The molecular weight excluding hydrogens is 381 g/mol. The fourth-order valence-electron chi connectivity index (χ4n) is 1.87. The normalized spacial score (nSPS) is 10.1. The molecule has 0 fully saturated rings. The zero-order valence-corrected chi connectivity index (χ0v) is 15.3. The molecule has 0 aliphatic carbocycles. The topological polar surface area (TPSA) is 88.6 Å². The van der Waals surface area contributed by atoms with E-state index < -0.39 is 24.4 Å². The predicted octanol–water partition coefficient (Wildman–Crippen LogP) is 2.64. The maximum absolute atomic E-state index is 12.0. The molecule has 1 N–H and O–H groups in total. The van der Waals surface area contributed by atoms with Crippen molar-refractivity contribution in [3.8, 4) is 0 Å². The lowest BCUT2D eigenvalue weighted by Gasteiger charge is -2.16. The summed E-state index contributed by atoms with van der Waals surface area (Å²) in [4.78, 5) is 40.7. The third-order valence-electron chi connectivity index (χ3n) is 3.21. The predicted molar refractivity (Wildman–Crippen MR) is 97.2 cm³/mol. The van der Waals surface area contributed by atoms with E-state index in [1.807, 2.05) is 0 Å². The Bertz CT molecular complexity index is 815. The van der Waals surface area contributed by atoms with Gasteiger partial charge in [-0.15, -0.1) is 0 Å². The average Bonchev–Trinajstić information content (AvgIpc) is 2.63. The van der Waals surface area contributed by atoms with Crippen LogP contribution in [0.4, 0.5) is 5.69 Å². The highest BCUT2D eigenvalue weighted by molar-refractivity contribution is 6.42. The van der Waals surface area contributed by atoms with Gasteiger partial charge in [-0.25, -0.2) is 9.78 Å². The van der Waals surface area contributed by atoms with E-state index in [-0.39, 0.29) is 12.2 Å². The third kappa shape index (κ3) is 5.72. The zero-order chi connectivity index (χ0) is 19.1. The highest BCUT2D eigenvalue weighted by Gasteiger charge is 2.16. The first-order chi connectivity index (χ1) is 12.4. The van der Waals surface area contributed by atoms with Gasteiger partial charge in [0, 0.05) is 18.9 Å². The van der Waals surface area contributed by atoms with E-state index in [4.69, 9.17) is 27.9 Å². The van der Waals surface area contributed by atoms with Gasteiger partial charge in [-0.05, 0) is 30.3 Å². The number of esters is 1. The molecule has 0 aliphatic heterocycles. The Morgan fingerprint density at radius 2 is 1.92 bits per heavy atom. The van der Waals surface area contributed by atoms with Gasteiger partial charge in [0.25, 0.3) is 5.91 Å². The summed E-state index contributed by atoms with van der Waals surface area (Å²) < 4.78 is 4.88. The molecule has 7 nitrogen and oxygen atoms in total. The van der Waals surface area contributed by atoms with Gasteiger partial charge >= 0.3 is 5.97 Å². The molecule has 1 aromatic heterocycles. The largest absolute Gasteiger partial charge is 0.451 e. The van der Waals surface area contributed by atoms with Gasteiger partial charge in [0.2, 0.25) is 5.91 Å². The Balaban J connectivity index is 1.81. The van der Waals surface area contributed by atoms with Crippen molar-refractivity contribution in [2.24, 2.45) is 0 Å². The first-order valence-electron chi connectivity index (χ1n) is 7.44. The highest BCUT2D eigenvalue weighted by Crippen LogP contribution is 2.24. The number of ether oxygens (including phenoxy) is 1. The molecule has 0 saturated carbocycles. The quantitative estimate of drug-likeness (QED) is 0.759. The lowest BCUT2D eigenvalue weighted by atomic mass is 10.3. The molecule has 136 valence electrons. The van der Waals surface area contributed by atoms with E-state index >= 15 is 0 Å². The van der Waals surface area contributed by atoms with Crippen LogP contribution in [0.3, 0.4) is 0 Å². The summed E-state index contributed by atoms with van der Waals surface area (Å²) in [6, 6.07) is 9.39. The van der Waals surface area contributed by atoms with Crippen LogP contribution in [0.2, 0.25) is 10.0 Å². The number of carbonyl (C=O) groups excluding carboxylic acids is 3. The van der Waals surface area contributed by atoms with Gasteiger partial charge in [0.15, 0.2) is 6.61 Å². The molecule has 0 unspecified atom stereocenters. The van der Waals surface area contributed by atoms with Crippen LogP contribution >= 0.6 is 23.2 Å². The second-order valence-electron chi connectivity index (χ2n) is 5.22. The number of halogens is 2. The number of anilines is 1. The number of aromatic nitrogens is 1. The summed E-state index contributed by atoms with van der Waals surface area (Å²) in [5.74, 6) is -1.68. The Labute approximate surface area is 159 Å². The SMILES string of the molecule is CN(CC(=O)Nc1ccc(Cl)c(Cl)c1)C(=O)COC(=O)c1ccccn1. The molecule has 0 saturated heterocycles. The van der Waals surface area contributed by atoms with Crippen LogP contribution in [-0.4, -0.2) is 47.9 Å². The average molecular weight is 396 g/mol. The van der Waals surface area contributed by atoms with Crippen molar-refractivity contribution in [1.82, 2.24) is 9.88 Å². The summed E-state index contributed by atoms with van der Waals surface area (Å²) in [7, 11) is 1.42. The number of carbonyl (C=O) groups is 3. The van der Waals surface area contributed by atoms with Crippen LogP contribution < -0.4 is 5.32 Å². The second-order valence-corrected chi connectivity index (χ2v) is 6.03. The molecule has 2 amide bonds. The number of hydrogen-bond acceptors (Lipinski definition) is 5. The van der Waals surface area contributed by atoms with Crippen molar-refractivity contribution in [3.05, 3.63) is 58.3 Å². The lowest BCUT2D eigenvalue weighted by Crippen LogP contribution is -2.37. The summed E-state index contributed by atoms with van der Waals surface area (Å²) in [5, 5.41) is 3.26. The van der Waals surface area contributed by atoms with E-state index in [9.17, 15) is 14.4 Å². The van der Waals surface area contributed by atoms with Crippen molar-refractivity contribution >= 4 is 46.7 Å². The molecule has 9 heteroatoms. The van der Waals surface area contributed by atoms with Gasteiger partial charge in [0.05, 0.1) is 16.6 Å². The van der Waals surface area contributed by atoms with E-state index in [0.29, 0.717) is 15.7 Å². The van der Waals surface area contributed by atoms with Gasteiger partial charge in [-0.2, -0.15) is 0 Å². The monoisotopic (exact) mass is 395 g/mol. The number of nitrogens with zero attached hydrogens (tertiary/aromatic N) is 2. The molecule has 2 aromatic rings. The Hall–Kier alpha value is -2.64. The van der Waals surface area contributed by atoms with Crippen LogP contribution in [0.25, 0.3) is 0 Å². The molecular formula is C17H15Cl2N3O4. The molecule has 26 heavy (non-hydrogen) atoms. The molecule has 0 aliphatic rings. The summed E-state index contributed by atoms with van der Waals surface area (Å²) in [6.07, 6.45) is 1.44. The standard InChI is InChI=1S/C17H15Cl2N3O4/c1-22(9-15(23)21-11-5-6-12(18)13(19)8-11)16(24)10-26-17(25)14-4-2-3-7-20-14/h2-8H,9-10H2,1H3,(H,21,23). The number of rotatable bonds is 6. The minimum absolute atomic E-state index is 0.0975. The maximum Gasteiger partial charge on any atom is 0.357 e. The first kappa shape index (κ1) is 19.7. The van der Waals surface area contributed by atoms with Crippen molar-refractivity contribution in [2.45, 2.75) is 0 Å². The zero-order valence-electron chi connectivity index (χ0n) is 13.7. The minimum atomic E-state index is -0.715. The van der Waals surface area contributed by atoms with E-state index in [0.717, 1.165) is 4.90 Å². The van der Waals surface area contributed by atoms with Gasteiger partial charge in [-0.3, -0.25) is 9.59 Å². The van der Waals surface area contributed by atoms with Gasteiger partial charge in [0.1, 0.15) is 5.69 Å². The number of benzene rings is 1. The molecule has 0 radical (unpaired) electrons. The van der Waals surface area contributed by atoms with Gasteiger partial charge < -0.3 is 15.0 Å². The Morgan fingerprint density at radius 3 is 2.58 bits per heavy atom. The van der Waals surface area contributed by atoms with E-state index in [2.05, 4.69) is 10.3 Å². The number of nitrogens with one attached hydrogen (secondary N) is 1. The molecule has 0 spiro atoms. The fourth-order valence-corrected chi connectivity index (χ4v) is 2.17. The molecule has 0 bridgehead atoms. The molecule has 0 atom stereocenters. The van der Waals surface area contributed by atoms with Crippen LogP contribution in [0.5, 0.6) is 0 Å². The summed E-state index contributed by atoms with van der Waals surface area (Å²) >= 11 is 11.7. The van der Waals surface area contributed by atoms with Crippen molar-refractivity contribution < 1.29 is 19.1 Å². The lowest BCUT2D eigenvalue weighted by molar-refractivity contribution is -0.136. The van der Waals surface area contributed by atoms with E-state index in [1.165, 1.54) is 25.4 Å². The third-order valence-corrected chi connectivity index (χ3v) is 3.95. The summed E-state index contributed by atoms with van der Waals surface area (Å²) in [6.45, 7) is -0.716. The fraction of sp³-hybridized carbons (Fsp3) is 0.176. The van der Waals surface area contributed by atoms with Crippen LogP contribution in [0.1, 0.15) is 10.5 Å². The summed E-state index contributed by atoms with van der Waals surface area (Å²) in [5.41, 5.74) is 0.548. The molecule has 1 heterocycles. The number of hydrogen-bond donors (Lipinski definition) is 1. The molecule has 2 rings (SSSR count). The number of amides is 2. The second kappa shape index (κ2) is 9.17. The number of pyridine rings is 1. The van der Waals surface area contributed by atoms with Crippen molar-refractivity contribution in [2.75, 3.05) is 25.5 Å².